The Kier molecular flexibility index (Phi) is 4.13. The SMILES string of the molecule is CN1CCOC(C(N)C2CCOC3(CCCC3)C2)C1. The Labute approximate surface area is 116 Å². The minimum absolute atomic E-state index is 0.168. The van der Waals surface area contributed by atoms with Crippen LogP contribution in [-0.2, 0) is 9.47 Å². The lowest BCUT2D eigenvalue weighted by molar-refractivity contribution is -0.112. The molecule has 3 rings (SSSR count). The maximum Gasteiger partial charge on any atom is 0.0855 e. The van der Waals surface area contributed by atoms with Crippen LogP contribution < -0.4 is 5.73 Å². The van der Waals surface area contributed by atoms with Gasteiger partial charge in [0, 0.05) is 25.7 Å². The number of morpholine rings is 1. The smallest absolute Gasteiger partial charge is 0.0855 e. The molecule has 110 valence electrons. The predicted molar refractivity (Wildman–Crippen MR) is 75.1 cm³/mol. The second kappa shape index (κ2) is 5.68. The first-order valence-corrected chi connectivity index (χ1v) is 7.88. The molecule has 2 saturated heterocycles. The Morgan fingerprint density at radius 3 is 2.79 bits per heavy atom. The highest BCUT2D eigenvalue weighted by Gasteiger charge is 2.43. The van der Waals surface area contributed by atoms with Gasteiger partial charge < -0.3 is 20.1 Å². The van der Waals surface area contributed by atoms with Gasteiger partial charge in [-0.3, -0.25) is 0 Å². The fourth-order valence-corrected chi connectivity index (χ4v) is 4.11. The average Bonchev–Trinajstić information content (AvgIpc) is 2.86. The lowest BCUT2D eigenvalue weighted by Crippen LogP contribution is -2.54. The third kappa shape index (κ3) is 2.97. The van der Waals surface area contributed by atoms with Crippen molar-refractivity contribution in [2.75, 3.05) is 33.4 Å². The van der Waals surface area contributed by atoms with E-state index in [1.54, 1.807) is 0 Å². The fraction of sp³-hybridized carbons (Fsp3) is 1.00. The van der Waals surface area contributed by atoms with Crippen molar-refractivity contribution in [2.45, 2.75) is 56.3 Å². The van der Waals surface area contributed by atoms with Gasteiger partial charge in [-0.25, -0.2) is 0 Å². The largest absolute Gasteiger partial charge is 0.375 e. The standard InChI is InChI=1S/C15H28N2O2/c1-17-7-9-18-13(11-17)14(16)12-4-8-19-15(10-12)5-2-3-6-15/h12-14H,2-11,16H2,1H3. The monoisotopic (exact) mass is 268 g/mol. The van der Waals surface area contributed by atoms with Gasteiger partial charge >= 0.3 is 0 Å². The van der Waals surface area contributed by atoms with E-state index in [4.69, 9.17) is 15.2 Å². The molecule has 3 aliphatic rings. The molecule has 2 aliphatic heterocycles. The van der Waals surface area contributed by atoms with Crippen LogP contribution in [0.1, 0.15) is 38.5 Å². The van der Waals surface area contributed by atoms with Gasteiger partial charge in [0.1, 0.15) is 0 Å². The summed E-state index contributed by atoms with van der Waals surface area (Å²) in [6.07, 6.45) is 7.59. The van der Waals surface area contributed by atoms with Crippen molar-refractivity contribution in [3.05, 3.63) is 0 Å². The minimum atomic E-state index is 0.168. The topological polar surface area (TPSA) is 47.7 Å². The normalized spacial score (nSPS) is 37.6. The van der Waals surface area contributed by atoms with E-state index < -0.39 is 0 Å². The fourth-order valence-electron chi connectivity index (χ4n) is 4.11. The van der Waals surface area contributed by atoms with E-state index in [9.17, 15) is 0 Å². The summed E-state index contributed by atoms with van der Waals surface area (Å²) in [5.41, 5.74) is 6.70. The molecule has 0 radical (unpaired) electrons. The van der Waals surface area contributed by atoms with Crippen LogP contribution in [0.3, 0.4) is 0 Å². The molecule has 0 aromatic heterocycles. The van der Waals surface area contributed by atoms with Crippen molar-refractivity contribution < 1.29 is 9.47 Å². The summed E-state index contributed by atoms with van der Waals surface area (Å²) in [5, 5.41) is 0. The van der Waals surface area contributed by atoms with Crippen LogP contribution in [0.5, 0.6) is 0 Å². The molecule has 0 aromatic rings. The third-order valence-electron chi connectivity index (χ3n) is 5.32. The Morgan fingerprint density at radius 2 is 2.05 bits per heavy atom. The van der Waals surface area contributed by atoms with E-state index in [1.165, 1.54) is 25.7 Å². The third-order valence-corrected chi connectivity index (χ3v) is 5.32. The second-order valence-electron chi connectivity index (χ2n) is 6.74. The van der Waals surface area contributed by atoms with E-state index >= 15 is 0 Å². The molecule has 3 atom stereocenters. The van der Waals surface area contributed by atoms with Crippen LogP contribution in [0, 0.1) is 5.92 Å². The Hall–Kier alpha value is -0.160. The molecule has 0 amide bonds. The first-order chi connectivity index (χ1) is 9.19. The average molecular weight is 268 g/mol. The van der Waals surface area contributed by atoms with Crippen molar-refractivity contribution >= 4 is 0 Å². The molecule has 19 heavy (non-hydrogen) atoms. The zero-order valence-electron chi connectivity index (χ0n) is 12.1. The van der Waals surface area contributed by atoms with E-state index in [0.717, 1.165) is 39.1 Å². The number of nitrogens with two attached hydrogens (primary N) is 1. The minimum Gasteiger partial charge on any atom is -0.375 e. The summed E-state index contributed by atoms with van der Waals surface area (Å²) in [4.78, 5) is 2.33. The van der Waals surface area contributed by atoms with Crippen LogP contribution in [0.4, 0.5) is 0 Å². The van der Waals surface area contributed by atoms with Crippen LogP contribution in [0.15, 0.2) is 0 Å². The van der Waals surface area contributed by atoms with Crippen molar-refractivity contribution in [1.29, 1.82) is 0 Å². The molecule has 4 nitrogen and oxygen atoms in total. The molecule has 2 heterocycles. The summed E-state index contributed by atoms with van der Waals surface area (Å²) in [6.45, 7) is 3.72. The molecule has 1 spiro atoms. The Balaban J connectivity index is 1.61. The van der Waals surface area contributed by atoms with Crippen molar-refractivity contribution in [1.82, 2.24) is 4.90 Å². The van der Waals surface area contributed by atoms with Crippen LogP contribution >= 0.6 is 0 Å². The highest BCUT2D eigenvalue weighted by molar-refractivity contribution is 4.96. The number of likely N-dealkylation sites (N-methyl/N-ethyl adjacent to an activating group) is 1. The second-order valence-corrected chi connectivity index (χ2v) is 6.74. The van der Waals surface area contributed by atoms with Crippen LogP contribution in [0.2, 0.25) is 0 Å². The summed E-state index contributed by atoms with van der Waals surface area (Å²) in [6, 6.07) is 0.170. The maximum atomic E-state index is 6.53. The summed E-state index contributed by atoms with van der Waals surface area (Å²) in [5.74, 6) is 0.573. The number of hydrogen-bond donors (Lipinski definition) is 1. The van der Waals surface area contributed by atoms with Gasteiger partial charge in [-0.05, 0) is 38.6 Å². The van der Waals surface area contributed by atoms with Gasteiger partial charge in [0.05, 0.1) is 18.3 Å². The molecule has 0 bridgehead atoms. The van der Waals surface area contributed by atoms with Crippen molar-refractivity contribution in [3.8, 4) is 0 Å². The van der Waals surface area contributed by atoms with Gasteiger partial charge in [0.25, 0.3) is 0 Å². The highest BCUT2D eigenvalue weighted by atomic mass is 16.5. The number of ether oxygens (including phenoxy) is 2. The van der Waals surface area contributed by atoms with Crippen molar-refractivity contribution in [3.63, 3.8) is 0 Å². The highest BCUT2D eigenvalue weighted by Crippen LogP contribution is 2.43. The van der Waals surface area contributed by atoms with Crippen LogP contribution in [-0.4, -0.2) is 56.0 Å². The van der Waals surface area contributed by atoms with Crippen molar-refractivity contribution in [2.24, 2.45) is 11.7 Å². The summed E-state index contributed by atoms with van der Waals surface area (Å²) >= 11 is 0. The zero-order valence-corrected chi connectivity index (χ0v) is 12.1. The quantitative estimate of drug-likeness (QED) is 0.822. The van der Waals surface area contributed by atoms with Gasteiger partial charge in [0.2, 0.25) is 0 Å². The molecule has 3 unspecified atom stereocenters. The molecule has 0 aromatic carbocycles. The molecular weight excluding hydrogens is 240 g/mol. The van der Waals surface area contributed by atoms with Gasteiger partial charge in [0.15, 0.2) is 0 Å². The number of rotatable bonds is 2. The van der Waals surface area contributed by atoms with E-state index in [2.05, 4.69) is 11.9 Å². The molecule has 3 fully saturated rings. The van der Waals surface area contributed by atoms with E-state index in [-0.39, 0.29) is 17.7 Å². The molecule has 2 N–H and O–H groups in total. The molecular formula is C15H28N2O2. The molecule has 1 aliphatic carbocycles. The van der Waals surface area contributed by atoms with E-state index in [0.29, 0.717) is 5.92 Å². The maximum absolute atomic E-state index is 6.53. The van der Waals surface area contributed by atoms with Gasteiger partial charge in [-0.1, -0.05) is 12.8 Å². The Bertz CT molecular complexity index is 305. The van der Waals surface area contributed by atoms with E-state index in [1.807, 2.05) is 0 Å². The first kappa shape index (κ1) is 13.8. The summed E-state index contributed by atoms with van der Waals surface area (Å²) < 4.78 is 12.0. The number of nitrogens with zero attached hydrogens (tertiary/aromatic N) is 1. The molecule has 4 heteroatoms. The lowest BCUT2D eigenvalue weighted by atomic mass is 9.79. The van der Waals surface area contributed by atoms with Crippen LogP contribution in [0.25, 0.3) is 0 Å². The first-order valence-electron chi connectivity index (χ1n) is 7.88. The Morgan fingerprint density at radius 1 is 1.26 bits per heavy atom. The van der Waals surface area contributed by atoms with Gasteiger partial charge in [-0.2, -0.15) is 0 Å². The summed E-state index contributed by atoms with van der Waals surface area (Å²) in [7, 11) is 2.16. The molecule has 1 saturated carbocycles. The van der Waals surface area contributed by atoms with Gasteiger partial charge in [-0.15, -0.1) is 0 Å². The zero-order chi connectivity index (χ0) is 13.3. The lowest BCUT2D eigenvalue weighted by Gasteiger charge is -2.43. The number of hydrogen-bond acceptors (Lipinski definition) is 4. The predicted octanol–water partition coefficient (Wildman–Crippen LogP) is 1.38.